The van der Waals surface area contributed by atoms with Crippen molar-refractivity contribution in [1.29, 1.82) is 0 Å². The first-order chi connectivity index (χ1) is 8.22. The van der Waals surface area contributed by atoms with E-state index in [9.17, 15) is 4.39 Å². The molecule has 84 valence electrons. The molecule has 0 atom stereocenters. The van der Waals surface area contributed by atoms with Gasteiger partial charge in [-0.15, -0.1) is 0 Å². The average Bonchev–Trinajstić information content (AvgIpc) is 2.72. The summed E-state index contributed by atoms with van der Waals surface area (Å²) < 4.78 is 19.0. The molecular formula is C12H6BrFN2O. The maximum Gasteiger partial charge on any atom is 0.228 e. The van der Waals surface area contributed by atoms with Crippen molar-refractivity contribution in [2.24, 2.45) is 0 Å². The minimum atomic E-state index is -0.286. The van der Waals surface area contributed by atoms with Crippen LogP contribution in [0.4, 0.5) is 4.39 Å². The van der Waals surface area contributed by atoms with Crippen molar-refractivity contribution in [1.82, 2.24) is 9.97 Å². The van der Waals surface area contributed by atoms with Crippen molar-refractivity contribution >= 4 is 27.2 Å². The first kappa shape index (κ1) is 10.4. The third-order valence-electron chi connectivity index (χ3n) is 2.31. The Balaban J connectivity index is 2.14. The highest BCUT2D eigenvalue weighted by Crippen LogP contribution is 2.24. The second kappa shape index (κ2) is 3.92. The van der Waals surface area contributed by atoms with E-state index in [1.165, 1.54) is 12.1 Å². The monoisotopic (exact) mass is 292 g/mol. The largest absolute Gasteiger partial charge is 0.434 e. The van der Waals surface area contributed by atoms with E-state index in [-0.39, 0.29) is 5.82 Å². The first-order valence-corrected chi connectivity index (χ1v) is 5.71. The van der Waals surface area contributed by atoms with Gasteiger partial charge in [0.2, 0.25) is 5.89 Å². The van der Waals surface area contributed by atoms with Gasteiger partial charge in [0.25, 0.3) is 0 Å². The fraction of sp³-hybridized carbons (Fsp3) is 0. The van der Waals surface area contributed by atoms with Gasteiger partial charge in [0, 0.05) is 5.56 Å². The number of rotatable bonds is 1. The zero-order valence-electron chi connectivity index (χ0n) is 8.52. The molecule has 0 amide bonds. The molecule has 3 rings (SSSR count). The highest BCUT2D eigenvalue weighted by molar-refractivity contribution is 9.10. The van der Waals surface area contributed by atoms with Gasteiger partial charge in [-0.1, -0.05) is 0 Å². The topological polar surface area (TPSA) is 38.9 Å². The van der Waals surface area contributed by atoms with Crippen LogP contribution < -0.4 is 0 Å². The highest BCUT2D eigenvalue weighted by atomic mass is 79.9. The molecule has 2 aromatic heterocycles. The molecule has 0 saturated heterocycles. The number of nitrogens with zero attached hydrogens (tertiary/aromatic N) is 2. The van der Waals surface area contributed by atoms with Gasteiger partial charge in [-0.25, -0.2) is 9.37 Å². The van der Waals surface area contributed by atoms with E-state index in [0.29, 0.717) is 21.7 Å². The Bertz CT molecular complexity index is 679. The van der Waals surface area contributed by atoms with Gasteiger partial charge in [-0.3, -0.25) is 0 Å². The van der Waals surface area contributed by atoms with E-state index in [0.717, 1.165) is 5.56 Å². The Hall–Kier alpha value is -1.75. The molecule has 0 aliphatic carbocycles. The smallest absolute Gasteiger partial charge is 0.228 e. The lowest BCUT2D eigenvalue weighted by molar-refractivity contribution is 0.616. The van der Waals surface area contributed by atoms with Crippen LogP contribution in [0.15, 0.2) is 45.4 Å². The van der Waals surface area contributed by atoms with E-state index >= 15 is 0 Å². The molecule has 0 spiro atoms. The van der Waals surface area contributed by atoms with Crippen LogP contribution in [0.2, 0.25) is 0 Å². The second-order valence-corrected chi connectivity index (χ2v) is 4.29. The number of oxazole rings is 1. The number of hydrogen-bond acceptors (Lipinski definition) is 3. The van der Waals surface area contributed by atoms with Crippen LogP contribution in [0.1, 0.15) is 0 Å². The zero-order valence-corrected chi connectivity index (χ0v) is 10.1. The Morgan fingerprint density at radius 1 is 1.00 bits per heavy atom. The molecule has 0 N–H and O–H groups in total. The maximum absolute atomic E-state index is 12.8. The van der Waals surface area contributed by atoms with Crippen LogP contribution in [-0.4, -0.2) is 9.97 Å². The third-order valence-corrected chi connectivity index (χ3v) is 2.75. The number of fused-ring (bicyclic) bond motifs is 1. The Morgan fingerprint density at radius 3 is 2.53 bits per heavy atom. The van der Waals surface area contributed by atoms with Gasteiger partial charge in [-0.2, -0.15) is 4.98 Å². The minimum absolute atomic E-state index is 0.286. The van der Waals surface area contributed by atoms with Crippen molar-refractivity contribution in [2.45, 2.75) is 0 Å². The van der Waals surface area contributed by atoms with Crippen LogP contribution in [0.25, 0.3) is 22.7 Å². The van der Waals surface area contributed by atoms with E-state index in [1.54, 1.807) is 24.3 Å². The molecule has 0 aliphatic rings. The van der Waals surface area contributed by atoms with Gasteiger partial charge in [0.15, 0.2) is 11.2 Å². The van der Waals surface area contributed by atoms with Gasteiger partial charge in [-0.05, 0) is 52.3 Å². The Labute approximate surface area is 104 Å². The summed E-state index contributed by atoms with van der Waals surface area (Å²) >= 11 is 3.27. The molecule has 0 radical (unpaired) electrons. The normalized spacial score (nSPS) is 10.9. The molecule has 3 aromatic rings. The fourth-order valence-electron chi connectivity index (χ4n) is 1.51. The van der Waals surface area contributed by atoms with Crippen LogP contribution >= 0.6 is 15.9 Å². The standard InChI is InChI=1S/C12H6BrFN2O/c13-10-6-5-9-11(15-10)16-12(17-9)7-1-3-8(14)4-2-7/h1-6H. The lowest BCUT2D eigenvalue weighted by Gasteiger charge is -1.93. The van der Waals surface area contributed by atoms with Crippen LogP contribution in [-0.2, 0) is 0 Å². The Kier molecular flexibility index (Phi) is 2.40. The quantitative estimate of drug-likeness (QED) is 0.641. The van der Waals surface area contributed by atoms with Gasteiger partial charge >= 0.3 is 0 Å². The molecular weight excluding hydrogens is 287 g/mol. The van der Waals surface area contributed by atoms with Crippen molar-refractivity contribution < 1.29 is 8.81 Å². The van der Waals surface area contributed by atoms with Crippen LogP contribution in [0.3, 0.4) is 0 Å². The summed E-state index contributed by atoms with van der Waals surface area (Å²) in [6, 6.07) is 9.54. The zero-order chi connectivity index (χ0) is 11.8. The van der Waals surface area contributed by atoms with Crippen LogP contribution in [0.5, 0.6) is 0 Å². The lowest BCUT2D eigenvalue weighted by Crippen LogP contribution is -1.79. The summed E-state index contributed by atoms with van der Waals surface area (Å²) in [6.07, 6.45) is 0. The second-order valence-electron chi connectivity index (χ2n) is 3.48. The minimum Gasteiger partial charge on any atom is -0.434 e. The molecule has 5 heteroatoms. The molecule has 0 unspecified atom stereocenters. The maximum atomic E-state index is 12.8. The highest BCUT2D eigenvalue weighted by Gasteiger charge is 2.09. The molecule has 3 nitrogen and oxygen atoms in total. The number of pyridine rings is 1. The average molecular weight is 293 g/mol. The third kappa shape index (κ3) is 1.93. The summed E-state index contributed by atoms with van der Waals surface area (Å²) in [4.78, 5) is 8.42. The molecule has 0 bridgehead atoms. The molecule has 0 aliphatic heterocycles. The van der Waals surface area contributed by atoms with Gasteiger partial charge < -0.3 is 4.42 Å². The van der Waals surface area contributed by atoms with E-state index in [4.69, 9.17) is 4.42 Å². The molecule has 0 saturated carbocycles. The predicted octanol–water partition coefficient (Wildman–Crippen LogP) is 3.79. The van der Waals surface area contributed by atoms with Gasteiger partial charge in [0.05, 0.1) is 0 Å². The molecule has 0 fully saturated rings. The van der Waals surface area contributed by atoms with E-state index in [2.05, 4.69) is 25.9 Å². The van der Waals surface area contributed by atoms with E-state index < -0.39 is 0 Å². The van der Waals surface area contributed by atoms with Crippen molar-refractivity contribution in [2.75, 3.05) is 0 Å². The predicted molar refractivity (Wildman–Crippen MR) is 64.9 cm³/mol. The SMILES string of the molecule is Fc1ccc(-c2nc3nc(Br)ccc3o2)cc1. The van der Waals surface area contributed by atoms with E-state index in [1.807, 2.05) is 0 Å². The number of hydrogen-bond donors (Lipinski definition) is 0. The number of benzene rings is 1. The number of halogens is 2. The fourth-order valence-corrected chi connectivity index (χ4v) is 1.81. The van der Waals surface area contributed by atoms with Gasteiger partial charge in [0.1, 0.15) is 10.4 Å². The molecule has 2 heterocycles. The summed E-state index contributed by atoms with van der Waals surface area (Å²) in [5.74, 6) is 0.149. The summed E-state index contributed by atoms with van der Waals surface area (Å²) in [5.41, 5.74) is 1.85. The molecule has 17 heavy (non-hydrogen) atoms. The summed E-state index contributed by atoms with van der Waals surface area (Å²) in [5, 5.41) is 0. The van der Waals surface area contributed by atoms with Crippen molar-refractivity contribution in [3.05, 3.63) is 46.8 Å². The van der Waals surface area contributed by atoms with Crippen LogP contribution in [0, 0.1) is 5.82 Å². The summed E-state index contributed by atoms with van der Waals surface area (Å²) in [7, 11) is 0. The molecule has 1 aromatic carbocycles. The first-order valence-electron chi connectivity index (χ1n) is 4.91. The number of aromatic nitrogens is 2. The van der Waals surface area contributed by atoms with Crippen molar-refractivity contribution in [3.63, 3.8) is 0 Å². The van der Waals surface area contributed by atoms with Crippen molar-refractivity contribution in [3.8, 4) is 11.5 Å². The summed E-state index contributed by atoms with van der Waals surface area (Å²) in [6.45, 7) is 0. The Morgan fingerprint density at radius 2 is 1.76 bits per heavy atom. The lowest BCUT2D eigenvalue weighted by atomic mass is 10.2.